The van der Waals surface area contributed by atoms with E-state index in [1.807, 2.05) is 0 Å². The predicted molar refractivity (Wildman–Crippen MR) is 111 cm³/mol. The lowest BCUT2D eigenvalue weighted by atomic mass is 10.2. The van der Waals surface area contributed by atoms with Crippen molar-refractivity contribution in [1.82, 2.24) is 5.32 Å². The van der Waals surface area contributed by atoms with Crippen LogP contribution >= 0.6 is 0 Å². The van der Waals surface area contributed by atoms with Gasteiger partial charge in [-0.1, -0.05) is 0 Å². The molecule has 0 fully saturated rings. The van der Waals surface area contributed by atoms with Crippen molar-refractivity contribution in [1.29, 1.82) is 5.41 Å². The van der Waals surface area contributed by atoms with E-state index in [2.05, 4.69) is 5.32 Å². The monoisotopic (exact) mass is 437 g/mol. The molecule has 2 aromatic rings. The number of hydrogen-bond acceptors (Lipinski definition) is 9. The van der Waals surface area contributed by atoms with Crippen LogP contribution in [-0.2, 0) is 16.1 Å². The molecular formula is C19H24FN5O6. The SMILES string of the molecule is CN(CC(CO)OC=O)c1ccc(N(C=N)CCNCc2ccc([N+](=O)[O-])o2)c(F)c1. The molecule has 1 aromatic carbocycles. The van der Waals surface area contributed by atoms with Crippen molar-refractivity contribution in [2.24, 2.45) is 0 Å². The van der Waals surface area contributed by atoms with Gasteiger partial charge in [-0.25, -0.2) is 4.39 Å². The summed E-state index contributed by atoms with van der Waals surface area (Å²) < 4.78 is 24.4. The molecule has 0 amide bonds. The van der Waals surface area contributed by atoms with E-state index < -0.39 is 16.8 Å². The maximum absolute atomic E-state index is 14.7. The van der Waals surface area contributed by atoms with Crippen LogP contribution in [0.1, 0.15) is 5.76 Å². The fourth-order valence-corrected chi connectivity index (χ4v) is 2.82. The summed E-state index contributed by atoms with van der Waals surface area (Å²) >= 11 is 0. The highest BCUT2D eigenvalue weighted by molar-refractivity contribution is 5.78. The van der Waals surface area contributed by atoms with Gasteiger partial charge in [0.1, 0.15) is 22.6 Å². The summed E-state index contributed by atoms with van der Waals surface area (Å²) in [5, 5.41) is 30.4. The highest BCUT2D eigenvalue weighted by Crippen LogP contribution is 2.24. The van der Waals surface area contributed by atoms with Crippen molar-refractivity contribution in [3.8, 4) is 0 Å². The van der Waals surface area contributed by atoms with Gasteiger partial charge in [0.05, 0.1) is 37.8 Å². The molecule has 1 atom stereocenters. The van der Waals surface area contributed by atoms with E-state index in [-0.39, 0.29) is 44.3 Å². The third kappa shape index (κ3) is 6.76. The number of anilines is 2. The number of carbonyl (C=O) groups is 1. The Kier molecular flexibility index (Phi) is 8.91. The van der Waals surface area contributed by atoms with Crippen LogP contribution in [0.15, 0.2) is 34.7 Å². The van der Waals surface area contributed by atoms with Crippen LogP contribution in [0.2, 0.25) is 0 Å². The summed E-state index contributed by atoms with van der Waals surface area (Å²) in [6.07, 6.45) is 0.269. The molecule has 0 spiro atoms. The topological polar surface area (TPSA) is 145 Å². The quantitative estimate of drug-likeness (QED) is 0.0999. The van der Waals surface area contributed by atoms with Crippen LogP contribution in [0.3, 0.4) is 0 Å². The third-order valence-electron chi connectivity index (χ3n) is 4.42. The van der Waals surface area contributed by atoms with Crippen LogP contribution in [0.4, 0.5) is 21.6 Å². The Morgan fingerprint density at radius 1 is 1.42 bits per heavy atom. The Hall–Kier alpha value is -3.51. The Labute approximate surface area is 177 Å². The molecule has 1 unspecified atom stereocenters. The van der Waals surface area contributed by atoms with E-state index >= 15 is 0 Å². The molecule has 1 heterocycles. The van der Waals surface area contributed by atoms with E-state index in [1.165, 1.54) is 29.2 Å². The largest absolute Gasteiger partial charge is 0.460 e. The number of carbonyl (C=O) groups excluding carboxylic acids is 1. The maximum Gasteiger partial charge on any atom is 0.433 e. The first-order valence-electron chi connectivity index (χ1n) is 9.31. The maximum atomic E-state index is 14.7. The summed E-state index contributed by atoms with van der Waals surface area (Å²) in [6, 6.07) is 7.23. The first kappa shape index (κ1) is 23.8. The van der Waals surface area contributed by atoms with Crippen molar-refractivity contribution in [2.75, 3.05) is 43.1 Å². The minimum Gasteiger partial charge on any atom is -0.460 e. The first-order chi connectivity index (χ1) is 14.9. The number of nitrogens with one attached hydrogen (secondary N) is 2. The van der Waals surface area contributed by atoms with Crippen molar-refractivity contribution in [3.63, 3.8) is 0 Å². The van der Waals surface area contributed by atoms with Crippen LogP contribution in [0, 0.1) is 21.3 Å². The van der Waals surface area contributed by atoms with Crippen LogP contribution in [0.25, 0.3) is 0 Å². The summed E-state index contributed by atoms with van der Waals surface area (Å²) in [6.45, 7) is 0.966. The van der Waals surface area contributed by atoms with Crippen LogP contribution in [-0.4, -0.2) is 62.2 Å². The number of furan rings is 1. The van der Waals surface area contributed by atoms with Gasteiger partial charge in [-0.3, -0.25) is 20.3 Å². The van der Waals surface area contributed by atoms with Gasteiger partial charge in [-0.05, 0) is 24.3 Å². The molecule has 0 radical (unpaired) electrons. The Bertz CT molecular complexity index is 892. The van der Waals surface area contributed by atoms with Gasteiger partial charge in [0.2, 0.25) is 0 Å². The van der Waals surface area contributed by atoms with Gasteiger partial charge in [0, 0.05) is 25.8 Å². The minimum atomic E-state index is -0.731. The van der Waals surface area contributed by atoms with E-state index in [0.717, 1.165) is 6.34 Å². The smallest absolute Gasteiger partial charge is 0.433 e. The van der Waals surface area contributed by atoms with Crippen LogP contribution < -0.4 is 15.1 Å². The van der Waals surface area contributed by atoms with E-state index in [1.54, 1.807) is 18.0 Å². The highest BCUT2D eigenvalue weighted by atomic mass is 19.1. The molecule has 0 bridgehead atoms. The number of halogens is 1. The molecule has 0 saturated carbocycles. The number of rotatable bonds is 14. The van der Waals surface area contributed by atoms with Gasteiger partial charge in [0.25, 0.3) is 6.47 Å². The number of nitro groups is 1. The molecule has 2 rings (SSSR count). The molecule has 0 aliphatic heterocycles. The van der Waals surface area contributed by atoms with Crippen molar-refractivity contribution in [3.05, 3.63) is 52.0 Å². The van der Waals surface area contributed by atoms with E-state index in [9.17, 15) is 24.4 Å². The Balaban J connectivity index is 1.92. The Morgan fingerprint density at radius 3 is 2.77 bits per heavy atom. The molecule has 0 aliphatic rings. The molecule has 0 saturated heterocycles. The average Bonchev–Trinajstić information content (AvgIpc) is 3.23. The van der Waals surface area contributed by atoms with Gasteiger partial charge in [0.15, 0.2) is 0 Å². The second-order valence-electron chi connectivity index (χ2n) is 6.55. The normalized spacial score (nSPS) is 11.6. The molecule has 168 valence electrons. The summed E-state index contributed by atoms with van der Waals surface area (Å²) in [4.78, 5) is 23.5. The number of ether oxygens (including phenoxy) is 1. The van der Waals surface area contributed by atoms with Gasteiger partial charge in [-0.2, -0.15) is 0 Å². The number of benzene rings is 1. The lowest BCUT2D eigenvalue weighted by molar-refractivity contribution is -0.402. The molecule has 12 heteroatoms. The second-order valence-corrected chi connectivity index (χ2v) is 6.55. The number of hydrogen-bond donors (Lipinski definition) is 3. The number of aliphatic hydroxyl groups excluding tert-OH is 1. The fraction of sp³-hybridized carbons (Fsp3) is 0.368. The lowest BCUT2D eigenvalue weighted by Gasteiger charge is -2.25. The highest BCUT2D eigenvalue weighted by Gasteiger charge is 2.16. The minimum absolute atomic E-state index is 0.178. The van der Waals surface area contributed by atoms with Crippen molar-refractivity contribution >= 4 is 30.1 Å². The summed E-state index contributed by atoms with van der Waals surface area (Å²) in [5.74, 6) is -0.495. The lowest BCUT2D eigenvalue weighted by Crippen LogP contribution is -2.33. The average molecular weight is 437 g/mol. The molecule has 0 aliphatic carbocycles. The van der Waals surface area contributed by atoms with E-state index in [4.69, 9.17) is 14.6 Å². The molecule has 11 nitrogen and oxygen atoms in total. The standard InChI is InChI=1S/C19H24FN5O6/c1-23(10-16(11-26)30-13-27)14-2-4-18(17(20)8-14)24(12-21)7-6-22-9-15-3-5-19(31-15)25(28)29/h2-5,8,12-13,16,21-22,26H,6-7,9-11H2,1H3. The molecule has 1 aromatic heterocycles. The molecule has 3 N–H and O–H groups in total. The second kappa shape index (κ2) is 11.6. The van der Waals surface area contributed by atoms with Gasteiger partial charge in [-0.15, -0.1) is 0 Å². The van der Waals surface area contributed by atoms with Crippen molar-refractivity contribution in [2.45, 2.75) is 12.6 Å². The molecular weight excluding hydrogens is 413 g/mol. The zero-order valence-electron chi connectivity index (χ0n) is 16.9. The Morgan fingerprint density at radius 2 is 2.19 bits per heavy atom. The van der Waals surface area contributed by atoms with Gasteiger partial charge >= 0.3 is 5.88 Å². The predicted octanol–water partition coefficient (Wildman–Crippen LogP) is 1.50. The number of aliphatic hydroxyl groups is 1. The summed E-state index contributed by atoms with van der Waals surface area (Å²) in [5.41, 5.74) is 0.710. The number of nitrogens with zero attached hydrogens (tertiary/aromatic N) is 3. The molecule has 31 heavy (non-hydrogen) atoms. The van der Waals surface area contributed by atoms with E-state index in [0.29, 0.717) is 18.0 Å². The summed E-state index contributed by atoms with van der Waals surface area (Å²) in [7, 11) is 1.67. The first-order valence-corrected chi connectivity index (χ1v) is 9.31. The zero-order chi connectivity index (χ0) is 22.8. The third-order valence-corrected chi connectivity index (χ3v) is 4.42. The fourth-order valence-electron chi connectivity index (χ4n) is 2.82. The zero-order valence-corrected chi connectivity index (χ0v) is 16.9. The van der Waals surface area contributed by atoms with Crippen LogP contribution in [0.5, 0.6) is 0 Å². The van der Waals surface area contributed by atoms with Gasteiger partial charge < -0.3 is 29.4 Å². The van der Waals surface area contributed by atoms with Crippen molar-refractivity contribution < 1.29 is 28.4 Å². The number of likely N-dealkylation sites (N-methyl/N-ethyl adjacent to an activating group) is 1.